The van der Waals surface area contributed by atoms with Crippen LogP contribution in [-0.4, -0.2) is 65.3 Å². The zero-order valence-corrected chi connectivity index (χ0v) is 14.1. The Hall–Kier alpha value is -1.63. The van der Waals surface area contributed by atoms with Crippen LogP contribution in [0.15, 0.2) is 0 Å². The highest BCUT2D eigenvalue weighted by Crippen LogP contribution is 2.19. The molecule has 0 aromatic carbocycles. The third-order valence-corrected chi connectivity index (χ3v) is 4.38. The third kappa shape index (κ3) is 4.67. The third-order valence-electron chi connectivity index (χ3n) is 4.38. The first-order valence-corrected chi connectivity index (χ1v) is 8.51. The van der Waals surface area contributed by atoms with Crippen LogP contribution in [0, 0.1) is 0 Å². The number of hydrogen-bond donors (Lipinski definition) is 2. The van der Waals surface area contributed by atoms with Gasteiger partial charge in [0.05, 0.1) is 6.54 Å². The molecule has 0 aromatic rings. The number of amides is 3. The molecule has 2 aliphatic rings. The molecule has 2 saturated heterocycles. The van der Waals surface area contributed by atoms with Crippen molar-refractivity contribution in [1.82, 2.24) is 15.1 Å². The van der Waals surface area contributed by atoms with Crippen LogP contribution < -0.4 is 11.1 Å². The van der Waals surface area contributed by atoms with Crippen molar-refractivity contribution in [1.29, 1.82) is 0 Å². The first-order valence-electron chi connectivity index (χ1n) is 8.51. The monoisotopic (exact) mass is 324 g/mol. The van der Waals surface area contributed by atoms with Gasteiger partial charge in [-0.2, -0.15) is 0 Å². The van der Waals surface area contributed by atoms with E-state index in [1.54, 1.807) is 9.80 Å². The van der Waals surface area contributed by atoms with E-state index in [1.165, 1.54) is 0 Å². The van der Waals surface area contributed by atoms with Crippen molar-refractivity contribution in [3.8, 4) is 0 Å². The fraction of sp³-hybridized carbons (Fsp3) is 0.812. The number of nitrogens with one attached hydrogen (secondary N) is 1. The van der Waals surface area contributed by atoms with Gasteiger partial charge in [0.1, 0.15) is 6.04 Å². The van der Waals surface area contributed by atoms with E-state index in [-0.39, 0.29) is 36.3 Å². The number of rotatable bonds is 4. The van der Waals surface area contributed by atoms with Crippen LogP contribution in [0.25, 0.3) is 0 Å². The molecular formula is C16H28N4O3. The quantitative estimate of drug-likeness (QED) is 0.751. The average molecular weight is 324 g/mol. The van der Waals surface area contributed by atoms with E-state index >= 15 is 0 Å². The molecule has 2 fully saturated rings. The fourth-order valence-corrected chi connectivity index (χ4v) is 3.23. The molecule has 2 heterocycles. The maximum absolute atomic E-state index is 12.6. The number of carbonyl (C=O) groups excluding carboxylic acids is 3. The summed E-state index contributed by atoms with van der Waals surface area (Å²) in [6.07, 6.45) is 3.81. The average Bonchev–Trinajstić information content (AvgIpc) is 2.75. The summed E-state index contributed by atoms with van der Waals surface area (Å²) in [6.45, 7) is 4.81. The lowest BCUT2D eigenvalue weighted by Crippen LogP contribution is -2.50. The van der Waals surface area contributed by atoms with Gasteiger partial charge in [0.2, 0.25) is 17.7 Å². The van der Waals surface area contributed by atoms with Crippen molar-refractivity contribution in [3.63, 3.8) is 0 Å². The van der Waals surface area contributed by atoms with Gasteiger partial charge in [-0.3, -0.25) is 14.4 Å². The molecule has 23 heavy (non-hydrogen) atoms. The molecule has 2 rings (SSSR count). The second kappa shape index (κ2) is 7.77. The smallest absolute Gasteiger partial charge is 0.243 e. The summed E-state index contributed by atoms with van der Waals surface area (Å²) < 4.78 is 0. The highest BCUT2D eigenvalue weighted by atomic mass is 16.2. The molecule has 7 heteroatoms. The summed E-state index contributed by atoms with van der Waals surface area (Å²) >= 11 is 0. The summed E-state index contributed by atoms with van der Waals surface area (Å²) in [5, 5.41) is 2.84. The van der Waals surface area contributed by atoms with Gasteiger partial charge in [0.15, 0.2) is 0 Å². The molecule has 0 aromatic heterocycles. The molecule has 0 unspecified atom stereocenters. The zero-order valence-electron chi connectivity index (χ0n) is 14.1. The summed E-state index contributed by atoms with van der Waals surface area (Å²) in [5.74, 6) is -0.317. The van der Waals surface area contributed by atoms with E-state index in [0.29, 0.717) is 25.9 Å². The van der Waals surface area contributed by atoms with Gasteiger partial charge < -0.3 is 20.9 Å². The predicted molar refractivity (Wildman–Crippen MR) is 86.4 cm³/mol. The standard InChI is InChI=1S/C16H28N4O3/c1-11(2)18-16(23)13-8-12(17)9-20(13)15(22)10-19-7-5-3-4-6-14(19)21/h11-13H,3-10,17H2,1-2H3,(H,18,23)/t12-,13-/m0/s1. The van der Waals surface area contributed by atoms with Crippen LogP contribution in [0.3, 0.4) is 0 Å². The molecule has 2 atom stereocenters. The van der Waals surface area contributed by atoms with Gasteiger partial charge >= 0.3 is 0 Å². The highest BCUT2D eigenvalue weighted by molar-refractivity contribution is 5.91. The van der Waals surface area contributed by atoms with E-state index in [2.05, 4.69) is 5.32 Å². The molecule has 3 amide bonds. The molecule has 0 aliphatic carbocycles. The maximum atomic E-state index is 12.6. The van der Waals surface area contributed by atoms with Crippen LogP contribution in [-0.2, 0) is 14.4 Å². The normalized spacial score (nSPS) is 25.7. The first-order chi connectivity index (χ1) is 10.9. The minimum absolute atomic E-state index is 0.0171. The van der Waals surface area contributed by atoms with Gasteiger partial charge in [-0.25, -0.2) is 0 Å². The van der Waals surface area contributed by atoms with Gasteiger partial charge in [-0.05, 0) is 33.1 Å². The van der Waals surface area contributed by atoms with Crippen LogP contribution >= 0.6 is 0 Å². The van der Waals surface area contributed by atoms with Gasteiger partial charge in [-0.15, -0.1) is 0 Å². The molecule has 2 aliphatic heterocycles. The Bertz CT molecular complexity index is 466. The van der Waals surface area contributed by atoms with Gasteiger partial charge in [0.25, 0.3) is 0 Å². The second-order valence-corrected chi connectivity index (χ2v) is 6.85. The van der Waals surface area contributed by atoms with Gasteiger partial charge in [-0.1, -0.05) is 6.42 Å². The van der Waals surface area contributed by atoms with Gasteiger partial charge in [0, 0.05) is 31.6 Å². The minimum Gasteiger partial charge on any atom is -0.352 e. The molecular weight excluding hydrogens is 296 g/mol. The Kier molecular flexibility index (Phi) is 5.98. The van der Waals surface area contributed by atoms with Crippen molar-refractivity contribution in [2.24, 2.45) is 5.73 Å². The molecule has 130 valence electrons. The lowest BCUT2D eigenvalue weighted by Gasteiger charge is -2.28. The topological polar surface area (TPSA) is 95.7 Å². The Morgan fingerprint density at radius 3 is 2.74 bits per heavy atom. The van der Waals surface area contributed by atoms with Crippen molar-refractivity contribution in [2.45, 2.75) is 64.1 Å². The summed E-state index contributed by atoms with van der Waals surface area (Å²) in [4.78, 5) is 40.1. The second-order valence-electron chi connectivity index (χ2n) is 6.85. The molecule has 0 saturated carbocycles. The fourth-order valence-electron chi connectivity index (χ4n) is 3.23. The van der Waals surface area contributed by atoms with E-state index < -0.39 is 6.04 Å². The SMILES string of the molecule is CC(C)NC(=O)[C@@H]1C[C@H](N)CN1C(=O)CN1CCCCCC1=O. The zero-order chi connectivity index (χ0) is 17.0. The number of likely N-dealkylation sites (tertiary alicyclic amines) is 2. The number of nitrogens with zero attached hydrogens (tertiary/aromatic N) is 2. The largest absolute Gasteiger partial charge is 0.352 e. The Morgan fingerprint density at radius 2 is 2.04 bits per heavy atom. The van der Waals surface area contributed by atoms with E-state index in [9.17, 15) is 14.4 Å². The minimum atomic E-state index is -0.526. The van der Waals surface area contributed by atoms with E-state index in [4.69, 9.17) is 5.73 Å². The predicted octanol–water partition coefficient (Wildman–Crippen LogP) is -0.158. The summed E-state index contributed by atoms with van der Waals surface area (Å²) in [5.41, 5.74) is 5.95. The van der Waals surface area contributed by atoms with Crippen LogP contribution in [0.1, 0.15) is 46.0 Å². The number of carbonyl (C=O) groups is 3. The Labute approximate surface area is 137 Å². The summed E-state index contributed by atoms with van der Waals surface area (Å²) in [6, 6.07) is -0.702. The van der Waals surface area contributed by atoms with Crippen LogP contribution in [0.2, 0.25) is 0 Å². The number of hydrogen-bond acceptors (Lipinski definition) is 4. The van der Waals surface area contributed by atoms with E-state index in [0.717, 1.165) is 19.3 Å². The molecule has 3 N–H and O–H groups in total. The highest BCUT2D eigenvalue weighted by Gasteiger charge is 2.38. The molecule has 0 spiro atoms. The number of nitrogens with two attached hydrogens (primary N) is 1. The van der Waals surface area contributed by atoms with Crippen LogP contribution in [0.4, 0.5) is 0 Å². The molecule has 7 nitrogen and oxygen atoms in total. The van der Waals surface area contributed by atoms with Crippen molar-refractivity contribution >= 4 is 17.7 Å². The molecule has 0 radical (unpaired) electrons. The lowest BCUT2D eigenvalue weighted by atomic mass is 10.1. The van der Waals surface area contributed by atoms with Crippen LogP contribution in [0.5, 0.6) is 0 Å². The first kappa shape index (κ1) is 17.7. The maximum Gasteiger partial charge on any atom is 0.243 e. The Morgan fingerprint density at radius 1 is 1.30 bits per heavy atom. The van der Waals surface area contributed by atoms with E-state index in [1.807, 2.05) is 13.8 Å². The van der Waals surface area contributed by atoms with Crippen molar-refractivity contribution in [2.75, 3.05) is 19.6 Å². The lowest BCUT2D eigenvalue weighted by molar-refractivity contribution is -0.143. The summed E-state index contributed by atoms with van der Waals surface area (Å²) in [7, 11) is 0. The molecule has 0 bridgehead atoms. The van der Waals surface area contributed by atoms with Crippen molar-refractivity contribution < 1.29 is 14.4 Å². The van der Waals surface area contributed by atoms with Crippen molar-refractivity contribution in [3.05, 3.63) is 0 Å². The Balaban J connectivity index is 2.00.